The van der Waals surface area contributed by atoms with Crippen LogP contribution in [0.4, 0.5) is 5.69 Å². The molecule has 1 aromatic rings. The molecule has 0 unspecified atom stereocenters. The van der Waals surface area contributed by atoms with Crippen LogP contribution >= 0.6 is 0 Å². The molecular weight excluding hydrogens is 278 g/mol. The minimum absolute atomic E-state index is 0.506. The molecule has 1 aliphatic rings. The molecule has 0 aromatic heterocycles. The van der Waals surface area contributed by atoms with E-state index in [9.17, 15) is 8.42 Å². The summed E-state index contributed by atoms with van der Waals surface area (Å²) in [6.07, 6.45) is 0. The third kappa shape index (κ3) is 3.05. The van der Waals surface area contributed by atoms with Crippen molar-refractivity contribution in [3.05, 3.63) is 24.3 Å². The lowest BCUT2D eigenvalue weighted by atomic mass is 10.2. The zero-order chi connectivity index (χ0) is 14.8. The molecule has 20 heavy (non-hydrogen) atoms. The van der Waals surface area contributed by atoms with Gasteiger partial charge in [-0.1, -0.05) is 0 Å². The summed E-state index contributed by atoms with van der Waals surface area (Å²) < 4.78 is 32.0. The quantitative estimate of drug-likeness (QED) is 0.818. The van der Waals surface area contributed by atoms with Gasteiger partial charge < -0.3 is 9.64 Å². The van der Waals surface area contributed by atoms with Crippen LogP contribution in [0, 0.1) is 0 Å². The normalized spacial score (nSPS) is 17.5. The number of ether oxygens (including phenoxy) is 1. The summed E-state index contributed by atoms with van der Waals surface area (Å²) in [4.78, 5) is 2.18. The van der Waals surface area contributed by atoms with Gasteiger partial charge in [0.05, 0.1) is 7.11 Å². The Hall–Kier alpha value is -1.31. The van der Waals surface area contributed by atoms with Crippen molar-refractivity contribution in [3.63, 3.8) is 0 Å². The van der Waals surface area contributed by atoms with Crippen LogP contribution in [0.5, 0.6) is 5.75 Å². The van der Waals surface area contributed by atoms with Crippen molar-refractivity contribution >= 4 is 15.9 Å². The summed E-state index contributed by atoms with van der Waals surface area (Å²) in [5.74, 6) is 0.822. The molecule has 6 nitrogen and oxygen atoms in total. The Balaban J connectivity index is 2.00. The minimum atomic E-state index is -3.30. The molecule has 0 atom stereocenters. The van der Waals surface area contributed by atoms with Crippen LogP contribution in [0.3, 0.4) is 0 Å². The third-order valence-corrected chi connectivity index (χ3v) is 5.40. The van der Waals surface area contributed by atoms with Crippen LogP contribution < -0.4 is 9.64 Å². The second kappa shape index (κ2) is 5.99. The Bertz CT molecular complexity index is 534. The lowest BCUT2D eigenvalue weighted by Crippen LogP contribution is -2.51. The van der Waals surface area contributed by atoms with Gasteiger partial charge in [0.25, 0.3) is 10.2 Å². The van der Waals surface area contributed by atoms with E-state index in [1.54, 1.807) is 21.2 Å². The maximum Gasteiger partial charge on any atom is 0.281 e. The summed E-state index contributed by atoms with van der Waals surface area (Å²) in [7, 11) is 1.46. The average Bonchev–Trinajstić information content (AvgIpc) is 2.47. The van der Waals surface area contributed by atoms with Gasteiger partial charge in [0.2, 0.25) is 0 Å². The molecule has 0 spiro atoms. The molecule has 0 aliphatic carbocycles. The minimum Gasteiger partial charge on any atom is -0.497 e. The van der Waals surface area contributed by atoms with E-state index in [-0.39, 0.29) is 0 Å². The number of hydrogen-bond acceptors (Lipinski definition) is 4. The molecule has 1 fully saturated rings. The van der Waals surface area contributed by atoms with Gasteiger partial charge in [0, 0.05) is 46.0 Å². The number of rotatable bonds is 4. The molecule has 1 aliphatic heterocycles. The fourth-order valence-electron chi connectivity index (χ4n) is 2.20. The first-order chi connectivity index (χ1) is 9.45. The smallest absolute Gasteiger partial charge is 0.281 e. The maximum atomic E-state index is 12.0. The fourth-order valence-corrected chi connectivity index (χ4v) is 3.29. The van der Waals surface area contributed by atoms with Crippen LogP contribution in [0.2, 0.25) is 0 Å². The van der Waals surface area contributed by atoms with Crippen molar-refractivity contribution in [2.75, 3.05) is 52.3 Å². The average molecular weight is 299 g/mol. The van der Waals surface area contributed by atoms with Gasteiger partial charge in [-0.25, -0.2) is 0 Å². The Morgan fingerprint density at radius 2 is 1.60 bits per heavy atom. The van der Waals surface area contributed by atoms with Gasteiger partial charge >= 0.3 is 0 Å². The second-order valence-corrected chi connectivity index (χ2v) is 7.02. The van der Waals surface area contributed by atoms with Crippen LogP contribution in [-0.4, -0.2) is 64.4 Å². The van der Waals surface area contributed by atoms with E-state index in [1.165, 1.54) is 8.61 Å². The van der Waals surface area contributed by atoms with E-state index < -0.39 is 10.2 Å². The van der Waals surface area contributed by atoms with E-state index in [0.29, 0.717) is 26.2 Å². The molecule has 0 N–H and O–H groups in total. The summed E-state index contributed by atoms with van der Waals surface area (Å²) in [6, 6.07) is 7.82. The molecule has 1 saturated heterocycles. The van der Waals surface area contributed by atoms with Crippen molar-refractivity contribution in [3.8, 4) is 5.75 Å². The lowest BCUT2D eigenvalue weighted by molar-refractivity contribution is 0.355. The van der Waals surface area contributed by atoms with Crippen molar-refractivity contribution in [1.82, 2.24) is 8.61 Å². The topological polar surface area (TPSA) is 53.1 Å². The maximum absolute atomic E-state index is 12.0. The summed E-state index contributed by atoms with van der Waals surface area (Å²) in [5, 5.41) is 0. The standard InChI is InChI=1S/C13H21N3O3S/c1-14(2)20(17,18)16-10-8-15(9-11-16)12-4-6-13(19-3)7-5-12/h4-7H,8-11H2,1-3H3. The van der Waals surface area contributed by atoms with Gasteiger partial charge in [-0.2, -0.15) is 17.0 Å². The monoisotopic (exact) mass is 299 g/mol. The second-order valence-electron chi connectivity index (χ2n) is 4.87. The number of piperazine rings is 1. The molecule has 0 amide bonds. The van der Waals surface area contributed by atoms with Crippen molar-refractivity contribution in [2.45, 2.75) is 0 Å². The highest BCUT2D eigenvalue weighted by Crippen LogP contribution is 2.21. The highest BCUT2D eigenvalue weighted by molar-refractivity contribution is 7.86. The van der Waals surface area contributed by atoms with Crippen molar-refractivity contribution in [2.24, 2.45) is 0 Å². The van der Waals surface area contributed by atoms with E-state index >= 15 is 0 Å². The summed E-state index contributed by atoms with van der Waals surface area (Å²) in [6.45, 7) is 2.40. The highest BCUT2D eigenvalue weighted by Gasteiger charge is 2.28. The van der Waals surface area contributed by atoms with E-state index in [2.05, 4.69) is 4.90 Å². The third-order valence-electron chi connectivity index (χ3n) is 3.46. The Kier molecular flexibility index (Phi) is 4.52. The van der Waals surface area contributed by atoms with Gasteiger partial charge in [-0.05, 0) is 24.3 Å². The van der Waals surface area contributed by atoms with Gasteiger partial charge in [-0.15, -0.1) is 0 Å². The number of methoxy groups -OCH3 is 1. The first kappa shape index (κ1) is 15.1. The van der Waals surface area contributed by atoms with Crippen LogP contribution in [0.1, 0.15) is 0 Å². The van der Waals surface area contributed by atoms with Crippen LogP contribution in [0.15, 0.2) is 24.3 Å². The number of anilines is 1. The molecule has 1 aromatic carbocycles. The largest absolute Gasteiger partial charge is 0.497 e. The molecule has 7 heteroatoms. The molecule has 0 bridgehead atoms. The number of benzene rings is 1. The molecule has 0 radical (unpaired) electrons. The Labute approximate surface area is 120 Å². The summed E-state index contributed by atoms with van der Waals surface area (Å²) in [5.41, 5.74) is 1.09. The zero-order valence-electron chi connectivity index (χ0n) is 12.1. The number of nitrogens with zero attached hydrogens (tertiary/aromatic N) is 3. The van der Waals surface area contributed by atoms with Gasteiger partial charge in [-0.3, -0.25) is 0 Å². The van der Waals surface area contributed by atoms with E-state index in [1.807, 2.05) is 24.3 Å². The first-order valence-corrected chi connectivity index (χ1v) is 7.91. The first-order valence-electron chi connectivity index (χ1n) is 6.52. The van der Waals surface area contributed by atoms with Crippen molar-refractivity contribution in [1.29, 1.82) is 0 Å². The van der Waals surface area contributed by atoms with E-state index in [0.717, 1.165) is 11.4 Å². The van der Waals surface area contributed by atoms with Gasteiger partial charge in [0.1, 0.15) is 5.75 Å². The Morgan fingerprint density at radius 1 is 1.05 bits per heavy atom. The lowest BCUT2D eigenvalue weighted by Gasteiger charge is -2.36. The van der Waals surface area contributed by atoms with Crippen LogP contribution in [0.25, 0.3) is 0 Å². The number of hydrogen-bond donors (Lipinski definition) is 0. The Morgan fingerprint density at radius 3 is 2.05 bits per heavy atom. The van der Waals surface area contributed by atoms with Crippen molar-refractivity contribution < 1.29 is 13.2 Å². The predicted octanol–water partition coefficient (Wildman–Crippen LogP) is 0.624. The predicted molar refractivity (Wildman–Crippen MR) is 79.4 cm³/mol. The molecule has 2 rings (SSSR count). The SMILES string of the molecule is COc1ccc(N2CCN(S(=O)(=O)N(C)C)CC2)cc1. The molecular formula is C13H21N3O3S. The fraction of sp³-hybridized carbons (Fsp3) is 0.538. The van der Waals surface area contributed by atoms with Gasteiger partial charge in [0.15, 0.2) is 0 Å². The molecule has 112 valence electrons. The molecule has 0 saturated carbocycles. The van der Waals surface area contributed by atoms with Crippen LogP contribution in [-0.2, 0) is 10.2 Å². The highest BCUT2D eigenvalue weighted by atomic mass is 32.2. The molecule has 1 heterocycles. The zero-order valence-corrected chi connectivity index (χ0v) is 12.9. The summed E-state index contributed by atoms with van der Waals surface area (Å²) >= 11 is 0. The van der Waals surface area contributed by atoms with E-state index in [4.69, 9.17) is 4.74 Å².